The predicted octanol–water partition coefficient (Wildman–Crippen LogP) is 3.12. The molecule has 126 valence electrons. The molecule has 0 saturated carbocycles. The minimum Gasteiger partial charge on any atom is -0.489 e. The van der Waals surface area contributed by atoms with Crippen LogP contribution < -0.4 is 4.74 Å². The SMILES string of the molecule is COC(=O)c1cc(OCc2ccc(F)c(F)c2)cc(C(=O)OC)c1. The molecule has 0 N–H and O–H groups in total. The first kappa shape index (κ1) is 17.4. The Morgan fingerprint density at radius 2 is 1.46 bits per heavy atom. The fraction of sp³-hybridized carbons (Fsp3) is 0.176. The number of hydrogen-bond donors (Lipinski definition) is 0. The zero-order valence-corrected chi connectivity index (χ0v) is 13.0. The average molecular weight is 336 g/mol. The summed E-state index contributed by atoms with van der Waals surface area (Å²) in [4.78, 5) is 23.3. The van der Waals surface area contributed by atoms with Gasteiger partial charge in [-0.15, -0.1) is 0 Å². The first-order chi connectivity index (χ1) is 11.4. The highest BCUT2D eigenvalue weighted by molar-refractivity contribution is 5.96. The predicted molar refractivity (Wildman–Crippen MR) is 79.8 cm³/mol. The molecule has 0 aromatic heterocycles. The maximum absolute atomic E-state index is 13.2. The van der Waals surface area contributed by atoms with Crippen molar-refractivity contribution in [1.82, 2.24) is 0 Å². The van der Waals surface area contributed by atoms with Gasteiger partial charge in [-0.25, -0.2) is 18.4 Å². The molecule has 0 atom stereocenters. The molecule has 0 amide bonds. The molecule has 0 aliphatic rings. The first-order valence-corrected chi connectivity index (χ1v) is 6.83. The Hall–Kier alpha value is -2.96. The van der Waals surface area contributed by atoms with Crippen LogP contribution in [0.25, 0.3) is 0 Å². The lowest BCUT2D eigenvalue weighted by Crippen LogP contribution is -2.08. The molecular weight excluding hydrogens is 322 g/mol. The number of methoxy groups -OCH3 is 2. The summed E-state index contributed by atoms with van der Waals surface area (Å²) in [6.07, 6.45) is 0. The zero-order chi connectivity index (χ0) is 17.7. The van der Waals surface area contributed by atoms with Gasteiger partial charge in [0.1, 0.15) is 12.4 Å². The third-order valence-corrected chi connectivity index (χ3v) is 3.14. The number of ether oxygens (including phenoxy) is 3. The lowest BCUT2D eigenvalue weighted by molar-refractivity contribution is 0.0598. The van der Waals surface area contributed by atoms with Crippen LogP contribution in [0.15, 0.2) is 36.4 Å². The van der Waals surface area contributed by atoms with Gasteiger partial charge in [-0.1, -0.05) is 6.07 Å². The fourth-order valence-corrected chi connectivity index (χ4v) is 1.95. The Kier molecular flexibility index (Phi) is 5.47. The van der Waals surface area contributed by atoms with Gasteiger partial charge in [0.05, 0.1) is 25.3 Å². The van der Waals surface area contributed by atoms with Crippen molar-refractivity contribution in [2.24, 2.45) is 0 Å². The lowest BCUT2D eigenvalue weighted by Gasteiger charge is -2.10. The van der Waals surface area contributed by atoms with Gasteiger partial charge in [0, 0.05) is 0 Å². The average Bonchev–Trinajstić information content (AvgIpc) is 2.61. The molecule has 0 aliphatic heterocycles. The number of esters is 2. The normalized spacial score (nSPS) is 10.2. The van der Waals surface area contributed by atoms with Crippen molar-refractivity contribution in [2.45, 2.75) is 6.61 Å². The molecule has 2 aromatic rings. The third kappa shape index (κ3) is 4.07. The summed E-state index contributed by atoms with van der Waals surface area (Å²) in [5.41, 5.74) is 0.582. The summed E-state index contributed by atoms with van der Waals surface area (Å²) in [5.74, 6) is -3.08. The summed E-state index contributed by atoms with van der Waals surface area (Å²) in [5, 5.41) is 0. The summed E-state index contributed by atoms with van der Waals surface area (Å²) in [7, 11) is 2.41. The number of benzene rings is 2. The quantitative estimate of drug-likeness (QED) is 0.785. The molecular formula is C17H14F2O5. The highest BCUT2D eigenvalue weighted by Crippen LogP contribution is 2.20. The van der Waals surface area contributed by atoms with Gasteiger partial charge in [0.15, 0.2) is 11.6 Å². The lowest BCUT2D eigenvalue weighted by atomic mass is 10.1. The van der Waals surface area contributed by atoms with Gasteiger partial charge in [0.2, 0.25) is 0 Å². The van der Waals surface area contributed by atoms with E-state index in [0.29, 0.717) is 5.56 Å². The van der Waals surface area contributed by atoms with Gasteiger partial charge in [-0.05, 0) is 35.9 Å². The number of carbonyl (C=O) groups excluding carboxylic acids is 2. The maximum Gasteiger partial charge on any atom is 0.338 e. The van der Waals surface area contributed by atoms with E-state index in [9.17, 15) is 18.4 Å². The summed E-state index contributed by atoms with van der Waals surface area (Å²) >= 11 is 0. The first-order valence-electron chi connectivity index (χ1n) is 6.83. The van der Waals surface area contributed by atoms with Crippen molar-refractivity contribution in [3.63, 3.8) is 0 Å². The molecule has 0 unspecified atom stereocenters. The Labute approximate surface area is 136 Å². The molecule has 24 heavy (non-hydrogen) atoms. The molecule has 7 heteroatoms. The summed E-state index contributed by atoms with van der Waals surface area (Å²) in [6.45, 7) is -0.0809. The minimum absolute atomic E-state index is 0.0809. The van der Waals surface area contributed by atoms with Crippen LogP contribution >= 0.6 is 0 Å². The van der Waals surface area contributed by atoms with Gasteiger partial charge < -0.3 is 14.2 Å². The number of hydrogen-bond acceptors (Lipinski definition) is 5. The summed E-state index contributed by atoms with van der Waals surface area (Å²) in [6, 6.07) is 7.40. The topological polar surface area (TPSA) is 61.8 Å². The van der Waals surface area contributed by atoms with Crippen LogP contribution in [0, 0.1) is 11.6 Å². The van der Waals surface area contributed by atoms with Gasteiger partial charge in [-0.2, -0.15) is 0 Å². The Bertz CT molecular complexity index is 739. The number of rotatable bonds is 5. The molecule has 0 aliphatic carbocycles. The van der Waals surface area contributed by atoms with E-state index < -0.39 is 23.6 Å². The van der Waals surface area contributed by atoms with E-state index in [2.05, 4.69) is 9.47 Å². The molecule has 0 saturated heterocycles. The smallest absolute Gasteiger partial charge is 0.338 e. The second kappa shape index (κ2) is 7.54. The molecule has 0 bridgehead atoms. The monoisotopic (exact) mass is 336 g/mol. The van der Waals surface area contributed by atoms with E-state index in [1.807, 2.05) is 0 Å². The second-order valence-electron chi connectivity index (χ2n) is 4.77. The van der Waals surface area contributed by atoms with Gasteiger partial charge in [-0.3, -0.25) is 0 Å². The molecule has 2 rings (SSSR count). The van der Waals surface area contributed by atoms with Gasteiger partial charge in [0.25, 0.3) is 0 Å². The molecule has 0 radical (unpaired) electrons. The van der Waals surface area contributed by atoms with Crippen LogP contribution in [0.3, 0.4) is 0 Å². The molecule has 0 heterocycles. The Balaban J connectivity index is 2.26. The van der Waals surface area contributed by atoms with Crippen LogP contribution in [0.5, 0.6) is 5.75 Å². The van der Waals surface area contributed by atoms with Crippen molar-refractivity contribution in [3.8, 4) is 5.75 Å². The van der Waals surface area contributed by atoms with Crippen molar-refractivity contribution in [1.29, 1.82) is 0 Å². The minimum atomic E-state index is -0.991. The van der Waals surface area contributed by atoms with E-state index >= 15 is 0 Å². The van der Waals surface area contributed by atoms with Crippen LogP contribution in [0.1, 0.15) is 26.3 Å². The molecule has 5 nitrogen and oxygen atoms in total. The van der Waals surface area contributed by atoms with Crippen LogP contribution in [-0.2, 0) is 16.1 Å². The van der Waals surface area contributed by atoms with Gasteiger partial charge >= 0.3 is 11.9 Å². The Morgan fingerprint density at radius 1 is 0.875 bits per heavy atom. The van der Waals surface area contributed by atoms with Crippen molar-refractivity contribution in [3.05, 3.63) is 64.7 Å². The van der Waals surface area contributed by atoms with Crippen molar-refractivity contribution in [2.75, 3.05) is 14.2 Å². The van der Waals surface area contributed by atoms with Crippen molar-refractivity contribution < 1.29 is 32.6 Å². The zero-order valence-electron chi connectivity index (χ0n) is 13.0. The van der Waals surface area contributed by atoms with E-state index in [0.717, 1.165) is 12.1 Å². The number of carbonyl (C=O) groups is 2. The largest absolute Gasteiger partial charge is 0.489 e. The second-order valence-corrected chi connectivity index (χ2v) is 4.77. The third-order valence-electron chi connectivity index (χ3n) is 3.14. The maximum atomic E-state index is 13.2. The highest BCUT2D eigenvalue weighted by Gasteiger charge is 2.14. The number of halogens is 2. The van der Waals surface area contributed by atoms with Crippen LogP contribution in [-0.4, -0.2) is 26.2 Å². The van der Waals surface area contributed by atoms with E-state index in [1.54, 1.807) is 0 Å². The molecule has 2 aromatic carbocycles. The van der Waals surface area contributed by atoms with Crippen molar-refractivity contribution >= 4 is 11.9 Å². The molecule has 0 spiro atoms. The van der Waals surface area contributed by atoms with E-state index in [-0.39, 0.29) is 23.5 Å². The van der Waals surface area contributed by atoms with Crippen LogP contribution in [0.2, 0.25) is 0 Å². The highest BCUT2D eigenvalue weighted by atomic mass is 19.2. The molecule has 0 fully saturated rings. The Morgan fingerprint density at radius 3 is 1.96 bits per heavy atom. The van der Waals surface area contributed by atoms with E-state index in [1.165, 1.54) is 38.5 Å². The summed E-state index contributed by atoms with van der Waals surface area (Å²) < 4.78 is 40.8. The van der Waals surface area contributed by atoms with Crippen LogP contribution in [0.4, 0.5) is 8.78 Å². The standard InChI is InChI=1S/C17H14F2O5/c1-22-16(20)11-6-12(17(21)23-2)8-13(7-11)24-9-10-3-4-14(18)15(19)5-10/h3-8H,9H2,1-2H3. The van der Waals surface area contributed by atoms with E-state index in [4.69, 9.17) is 4.74 Å². The fourth-order valence-electron chi connectivity index (χ4n) is 1.95.